The zero-order valence-corrected chi connectivity index (χ0v) is 16.3. The van der Waals surface area contributed by atoms with Gasteiger partial charge in [0.1, 0.15) is 0 Å². The number of aliphatic carboxylic acids is 1. The number of carbonyl (C=O) groups is 1. The van der Waals surface area contributed by atoms with E-state index in [1.54, 1.807) is 24.3 Å². The smallest absolute Gasteiger partial charge is 0.330 e. The summed E-state index contributed by atoms with van der Waals surface area (Å²) in [4.78, 5) is 9.60. The Morgan fingerprint density at radius 1 is 0.667 bits per heavy atom. The number of hydrogen-bond acceptors (Lipinski definition) is 5. The molecule has 0 radical (unpaired) electrons. The van der Waals surface area contributed by atoms with Gasteiger partial charge in [-0.3, -0.25) is 0 Å². The van der Waals surface area contributed by atoms with Gasteiger partial charge in [0.25, 0.3) is 0 Å². The van der Waals surface area contributed by atoms with E-state index >= 15 is 0 Å². The van der Waals surface area contributed by atoms with E-state index in [2.05, 4.69) is 6.58 Å². The quantitative estimate of drug-likeness (QED) is 0.220. The summed E-state index contributed by atoms with van der Waals surface area (Å²) in [6.45, 7) is 4.60. The lowest BCUT2D eigenvalue weighted by atomic mass is 10.1. The molecular formula is C24H22O6. The summed E-state index contributed by atoms with van der Waals surface area (Å²) in [6, 6.07) is 21.2. The molecule has 0 amide bonds. The molecule has 6 nitrogen and oxygen atoms in total. The molecule has 4 aromatic carbocycles. The fourth-order valence-electron chi connectivity index (χ4n) is 2.49. The van der Waals surface area contributed by atoms with Crippen molar-refractivity contribution in [2.24, 2.45) is 0 Å². The van der Waals surface area contributed by atoms with Crippen molar-refractivity contribution in [1.29, 1.82) is 0 Å². The van der Waals surface area contributed by atoms with E-state index in [0.29, 0.717) is 10.8 Å². The van der Waals surface area contributed by atoms with Crippen LogP contribution < -0.4 is 0 Å². The summed E-state index contributed by atoms with van der Waals surface area (Å²) in [5.41, 5.74) is 0.176. The molecule has 0 spiro atoms. The Morgan fingerprint density at radius 2 is 1.00 bits per heavy atom. The predicted molar refractivity (Wildman–Crippen MR) is 117 cm³/mol. The summed E-state index contributed by atoms with van der Waals surface area (Å²) in [5.74, 6) is -1.18. The normalized spacial score (nSPS) is 9.77. The van der Waals surface area contributed by atoms with Crippen LogP contribution in [-0.4, -0.2) is 31.5 Å². The standard InChI is InChI=1S/2C10H8O2.C4H6O2/c2*11-9-6-5-7-3-1-2-4-8(7)10(9)12;1-3(2)4(5)6/h2*1-6,11-12H;1H2,2H3,(H,5,6). The van der Waals surface area contributed by atoms with Gasteiger partial charge >= 0.3 is 5.97 Å². The van der Waals surface area contributed by atoms with E-state index in [4.69, 9.17) is 15.3 Å². The Kier molecular flexibility index (Phi) is 7.25. The average Bonchev–Trinajstić information content (AvgIpc) is 2.75. The van der Waals surface area contributed by atoms with Gasteiger partial charge in [0.05, 0.1) is 0 Å². The first-order valence-electron chi connectivity index (χ1n) is 8.90. The highest BCUT2D eigenvalue weighted by Gasteiger charge is 2.03. The van der Waals surface area contributed by atoms with Gasteiger partial charge in [-0.1, -0.05) is 67.2 Å². The van der Waals surface area contributed by atoms with Crippen LogP contribution in [0.1, 0.15) is 6.92 Å². The number of hydrogen-bond donors (Lipinski definition) is 5. The summed E-state index contributed by atoms with van der Waals surface area (Å²) < 4.78 is 0. The topological polar surface area (TPSA) is 118 Å². The predicted octanol–water partition coefficient (Wildman–Crippen LogP) is 5.15. The van der Waals surface area contributed by atoms with Crippen LogP contribution in [0.3, 0.4) is 0 Å². The van der Waals surface area contributed by atoms with Crippen molar-refractivity contribution in [2.75, 3.05) is 0 Å². The Bertz CT molecular complexity index is 1100. The summed E-state index contributed by atoms with van der Waals surface area (Å²) in [7, 11) is 0. The monoisotopic (exact) mass is 406 g/mol. The fourth-order valence-corrected chi connectivity index (χ4v) is 2.49. The van der Waals surface area contributed by atoms with Crippen LogP contribution in [0.5, 0.6) is 23.0 Å². The van der Waals surface area contributed by atoms with Crippen LogP contribution in [0.15, 0.2) is 84.9 Å². The molecule has 0 saturated carbocycles. The maximum Gasteiger partial charge on any atom is 0.330 e. The van der Waals surface area contributed by atoms with Crippen molar-refractivity contribution in [3.8, 4) is 23.0 Å². The van der Waals surface area contributed by atoms with Crippen molar-refractivity contribution < 1.29 is 30.3 Å². The molecule has 4 rings (SSSR count). The van der Waals surface area contributed by atoms with E-state index in [-0.39, 0.29) is 28.6 Å². The molecule has 6 heteroatoms. The lowest BCUT2D eigenvalue weighted by molar-refractivity contribution is -0.132. The van der Waals surface area contributed by atoms with Gasteiger partial charge in [-0.05, 0) is 29.8 Å². The lowest BCUT2D eigenvalue weighted by Gasteiger charge is -2.01. The van der Waals surface area contributed by atoms with E-state index < -0.39 is 5.97 Å². The van der Waals surface area contributed by atoms with Crippen LogP contribution in [-0.2, 0) is 4.79 Å². The fraction of sp³-hybridized carbons (Fsp3) is 0.0417. The van der Waals surface area contributed by atoms with Crippen LogP contribution in [0.2, 0.25) is 0 Å². The van der Waals surface area contributed by atoms with Crippen molar-refractivity contribution in [1.82, 2.24) is 0 Å². The van der Waals surface area contributed by atoms with Gasteiger partial charge in [0, 0.05) is 16.3 Å². The summed E-state index contributed by atoms with van der Waals surface area (Å²) in [5, 5.41) is 48.2. The maximum atomic E-state index is 9.60. The first-order valence-corrected chi connectivity index (χ1v) is 8.90. The third-order valence-electron chi connectivity index (χ3n) is 4.12. The largest absolute Gasteiger partial charge is 0.504 e. The summed E-state index contributed by atoms with van der Waals surface area (Å²) in [6.07, 6.45) is 0. The van der Waals surface area contributed by atoms with Gasteiger partial charge in [-0.15, -0.1) is 0 Å². The van der Waals surface area contributed by atoms with Gasteiger partial charge in [-0.2, -0.15) is 0 Å². The number of carboxylic acids is 1. The molecule has 0 heterocycles. The lowest BCUT2D eigenvalue weighted by Crippen LogP contribution is -1.92. The van der Waals surface area contributed by atoms with Gasteiger partial charge < -0.3 is 25.5 Å². The van der Waals surface area contributed by atoms with E-state index in [1.807, 2.05) is 36.4 Å². The molecule has 5 N–H and O–H groups in total. The zero-order chi connectivity index (χ0) is 22.3. The second-order valence-electron chi connectivity index (χ2n) is 6.39. The molecule has 0 atom stereocenters. The highest BCUT2D eigenvalue weighted by Crippen LogP contribution is 2.33. The minimum atomic E-state index is -0.935. The van der Waals surface area contributed by atoms with Gasteiger partial charge in [0.2, 0.25) is 0 Å². The van der Waals surface area contributed by atoms with Crippen LogP contribution in [0, 0.1) is 0 Å². The number of benzene rings is 4. The number of phenols is 4. The highest BCUT2D eigenvalue weighted by atomic mass is 16.4. The Morgan fingerprint density at radius 3 is 1.33 bits per heavy atom. The van der Waals surface area contributed by atoms with Crippen molar-refractivity contribution >= 4 is 27.5 Å². The molecule has 0 aliphatic heterocycles. The maximum absolute atomic E-state index is 9.60. The SMILES string of the molecule is C=C(C)C(=O)O.Oc1ccc2ccccc2c1O.Oc1ccc2ccccc2c1O. The molecule has 30 heavy (non-hydrogen) atoms. The third kappa shape index (κ3) is 5.42. The van der Waals surface area contributed by atoms with Gasteiger partial charge in [0.15, 0.2) is 23.0 Å². The van der Waals surface area contributed by atoms with Gasteiger partial charge in [-0.25, -0.2) is 4.79 Å². The van der Waals surface area contributed by atoms with Crippen LogP contribution >= 0.6 is 0 Å². The van der Waals surface area contributed by atoms with Crippen molar-refractivity contribution in [3.05, 3.63) is 84.9 Å². The Hall–Kier alpha value is -4.19. The number of carboxylic acid groups (broad SMARTS) is 1. The highest BCUT2D eigenvalue weighted by molar-refractivity contribution is 5.90. The van der Waals surface area contributed by atoms with Crippen molar-refractivity contribution in [3.63, 3.8) is 0 Å². The van der Waals surface area contributed by atoms with E-state index in [0.717, 1.165) is 10.8 Å². The molecule has 154 valence electrons. The van der Waals surface area contributed by atoms with E-state index in [9.17, 15) is 15.0 Å². The third-order valence-corrected chi connectivity index (χ3v) is 4.12. The number of rotatable bonds is 1. The molecule has 0 aromatic heterocycles. The molecule has 0 unspecified atom stereocenters. The zero-order valence-electron chi connectivity index (χ0n) is 16.3. The second-order valence-corrected chi connectivity index (χ2v) is 6.39. The Balaban J connectivity index is 0.000000171. The van der Waals surface area contributed by atoms with E-state index in [1.165, 1.54) is 19.1 Å². The first kappa shape index (κ1) is 22.1. The molecule has 0 saturated heterocycles. The Labute approximate surface area is 173 Å². The molecule has 0 fully saturated rings. The molecule has 0 aliphatic rings. The minimum absolute atomic E-state index is 0.0481. The van der Waals surface area contributed by atoms with Crippen LogP contribution in [0.4, 0.5) is 0 Å². The number of aromatic hydroxyl groups is 4. The average molecular weight is 406 g/mol. The number of phenolic OH excluding ortho intramolecular Hbond substituents is 4. The first-order chi connectivity index (χ1) is 14.2. The molecule has 0 aliphatic carbocycles. The minimum Gasteiger partial charge on any atom is -0.504 e. The summed E-state index contributed by atoms with van der Waals surface area (Å²) >= 11 is 0. The van der Waals surface area contributed by atoms with Crippen molar-refractivity contribution in [2.45, 2.75) is 6.92 Å². The molecular weight excluding hydrogens is 384 g/mol. The molecule has 4 aromatic rings. The van der Waals surface area contributed by atoms with Crippen LogP contribution in [0.25, 0.3) is 21.5 Å². The number of fused-ring (bicyclic) bond motifs is 2. The second kappa shape index (κ2) is 9.84. The molecule has 0 bridgehead atoms.